The van der Waals surface area contributed by atoms with Crippen LogP contribution in [0.5, 0.6) is 5.75 Å². The minimum Gasteiger partial charge on any atom is -0.487 e. The monoisotopic (exact) mass is 770 g/mol. The third-order valence-electron chi connectivity index (χ3n) is 15.3. The highest BCUT2D eigenvalue weighted by Crippen LogP contribution is 2.78. The van der Waals surface area contributed by atoms with Crippen LogP contribution in [-0.4, -0.2) is 31.9 Å². The van der Waals surface area contributed by atoms with Gasteiger partial charge in [-0.15, -0.1) is 0 Å². The lowest BCUT2D eigenvalue weighted by Gasteiger charge is -2.49. The van der Waals surface area contributed by atoms with Gasteiger partial charge in [-0.05, 0) is 122 Å². The average molecular weight is 770 g/mol. The Kier molecular flexibility index (Phi) is 13.8. The lowest BCUT2D eigenvalue weighted by Crippen LogP contribution is -2.47. The summed E-state index contributed by atoms with van der Waals surface area (Å²) in [5.41, 5.74) is 4.95. The van der Waals surface area contributed by atoms with Crippen molar-refractivity contribution < 1.29 is 14.3 Å². The Morgan fingerprint density at radius 2 is 1.60 bits per heavy atom. The molecule has 5 rings (SSSR count). The normalized spacial score (nSPS) is 21.6. The number of carbonyl (C=O) groups is 1. The number of pyridine rings is 1. The van der Waals surface area contributed by atoms with Crippen LogP contribution in [0.2, 0.25) is 0 Å². The van der Waals surface area contributed by atoms with E-state index in [4.69, 9.17) is 14.5 Å². The second-order valence-corrected chi connectivity index (χ2v) is 20.1. The van der Waals surface area contributed by atoms with Gasteiger partial charge in [-0.1, -0.05) is 113 Å². The molecule has 0 atom stereocenters. The number of ether oxygens (including phenoxy) is 2. The highest BCUT2D eigenvalue weighted by atomic mass is 32.2. The van der Waals surface area contributed by atoms with Crippen LogP contribution in [0, 0.1) is 65.1 Å². The molecule has 0 unspecified atom stereocenters. The number of carbonyl (C=O) groups excluding carboxylic acids is 1. The van der Waals surface area contributed by atoms with Crippen LogP contribution in [0.15, 0.2) is 47.9 Å². The van der Waals surface area contributed by atoms with Crippen molar-refractivity contribution in [1.29, 1.82) is 0 Å². The van der Waals surface area contributed by atoms with E-state index in [1.165, 1.54) is 25.7 Å². The Morgan fingerprint density at radius 1 is 0.945 bits per heavy atom. The molecule has 0 N–H and O–H groups in total. The van der Waals surface area contributed by atoms with E-state index in [2.05, 4.69) is 111 Å². The van der Waals surface area contributed by atoms with Crippen molar-refractivity contribution in [2.24, 2.45) is 39.4 Å². The summed E-state index contributed by atoms with van der Waals surface area (Å²) >= 11 is 1.90. The number of hydrogen-bond acceptors (Lipinski definition) is 6. The molecule has 2 fully saturated rings. The smallest absolute Gasteiger partial charge is 0.306 e. The molecule has 2 saturated carbocycles. The summed E-state index contributed by atoms with van der Waals surface area (Å²) in [6.45, 7) is 31.2. The largest absolute Gasteiger partial charge is 0.487 e. The van der Waals surface area contributed by atoms with Gasteiger partial charge in [0.05, 0.1) is 23.3 Å². The molecular weight excluding hydrogens is 699 g/mol. The highest BCUT2D eigenvalue weighted by Gasteiger charge is 2.74. The number of aromatic nitrogens is 3. The first-order chi connectivity index (χ1) is 25.2. The molecule has 1 aromatic carbocycles. The standard InChI is InChI=1S/C47H67N3O3S.CH4/c1-32(2)36-23-21-35(22-24-36)17-14-20-41(51)52-28-16-18-37-25-26-39(29-33(37)3)53-31-40-34(4)49-42(50(40)38-19-15-27-48-30-38)54-47(13)45(9,10)43(5,6)44(7,8)46(47,11)12;/h15,19,25-27,29-30,32,35-36H,14,17,20-24,28,31H2,1-13H3;1H4. The van der Waals surface area contributed by atoms with Gasteiger partial charge in [0.2, 0.25) is 0 Å². The highest BCUT2D eigenvalue weighted by molar-refractivity contribution is 8.00. The van der Waals surface area contributed by atoms with Crippen LogP contribution in [0.4, 0.5) is 0 Å². The number of benzene rings is 1. The molecule has 0 radical (unpaired) electrons. The zero-order valence-corrected chi connectivity index (χ0v) is 36.4. The van der Waals surface area contributed by atoms with E-state index in [0.29, 0.717) is 13.0 Å². The van der Waals surface area contributed by atoms with Crippen molar-refractivity contribution in [3.8, 4) is 23.3 Å². The fourth-order valence-electron chi connectivity index (χ4n) is 9.52. The fourth-order valence-corrected chi connectivity index (χ4v) is 11.4. The van der Waals surface area contributed by atoms with Gasteiger partial charge in [0, 0.05) is 22.9 Å². The molecule has 2 aromatic heterocycles. The quantitative estimate of drug-likeness (QED) is 0.135. The van der Waals surface area contributed by atoms with E-state index < -0.39 is 0 Å². The number of rotatable bonds is 12. The second-order valence-electron chi connectivity index (χ2n) is 18.8. The molecule has 302 valence electrons. The first-order valence-electron chi connectivity index (χ1n) is 20.3. The summed E-state index contributed by atoms with van der Waals surface area (Å²) in [6.07, 6.45) is 11.5. The van der Waals surface area contributed by atoms with Gasteiger partial charge in [-0.3, -0.25) is 14.3 Å². The summed E-state index contributed by atoms with van der Waals surface area (Å²) in [6, 6.07) is 10.0. The van der Waals surface area contributed by atoms with E-state index in [-0.39, 0.29) is 46.4 Å². The maximum absolute atomic E-state index is 12.4. The van der Waals surface area contributed by atoms with Gasteiger partial charge in [0.1, 0.15) is 12.4 Å². The Bertz CT molecular complexity index is 1810. The number of thioether (sulfide) groups is 1. The first kappa shape index (κ1) is 44.5. The van der Waals surface area contributed by atoms with Gasteiger partial charge < -0.3 is 9.47 Å². The maximum Gasteiger partial charge on any atom is 0.306 e. The third-order valence-corrected chi connectivity index (χ3v) is 17.2. The second kappa shape index (κ2) is 17.1. The van der Waals surface area contributed by atoms with Crippen LogP contribution in [0.1, 0.15) is 151 Å². The number of imidazole rings is 1. The number of esters is 1. The Hall–Kier alpha value is -3.24. The number of aryl methyl sites for hydroxylation is 2. The zero-order valence-electron chi connectivity index (χ0n) is 35.6. The third kappa shape index (κ3) is 8.41. The molecule has 0 amide bonds. The molecule has 2 heterocycles. The van der Waals surface area contributed by atoms with Gasteiger partial charge in [0.15, 0.2) is 11.8 Å². The number of nitrogens with zero attached hydrogens (tertiary/aromatic N) is 3. The van der Waals surface area contributed by atoms with Crippen molar-refractivity contribution in [3.05, 3.63) is 65.2 Å². The first-order valence-corrected chi connectivity index (χ1v) is 21.1. The van der Waals surface area contributed by atoms with Crippen LogP contribution in [0.3, 0.4) is 0 Å². The predicted octanol–water partition coefficient (Wildman–Crippen LogP) is 12.6. The lowest BCUT2D eigenvalue weighted by molar-refractivity contribution is -0.142. The van der Waals surface area contributed by atoms with Crippen LogP contribution >= 0.6 is 11.8 Å². The molecule has 0 spiro atoms. The van der Waals surface area contributed by atoms with E-state index >= 15 is 0 Å². The summed E-state index contributed by atoms with van der Waals surface area (Å²) in [7, 11) is 0. The topological polar surface area (TPSA) is 66.2 Å². The van der Waals surface area contributed by atoms with Crippen molar-refractivity contribution in [2.45, 2.75) is 159 Å². The molecule has 0 saturated heterocycles. The SMILES string of the molecule is C.Cc1cc(OCc2c(C)nc(SC3(C)C(C)(C)C(C)(C)C(C)(C)C3(C)C)n2-c2cccnc2)ccc1C#CCOC(=O)CCCC1CCC(C(C)C)CC1. The molecule has 6 nitrogen and oxygen atoms in total. The molecule has 55 heavy (non-hydrogen) atoms. The lowest BCUT2D eigenvalue weighted by atomic mass is 9.57. The molecule has 3 aromatic rings. The predicted molar refractivity (Wildman–Crippen MR) is 230 cm³/mol. The van der Waals surface area contributed by atoms with Gasteiger partial charge in [-0.25, -0.2) is 4.98 Å². The van der Waals surface area contributed by atoms with Gasteiger partial charge in [0.25, 0.3) is 0 Å². The number of hydrogen-bond donors (Lipinski definition) is 0. The summed E-state index contributed by atoms with van der Waals surface area (Å²) < 4.78 is 14.0. The summed E-state index contributed by atoms with van der Waals surface area (Å²) in [5.74, 6) is 9.27. The summed E-state index contributed by atoms with van der Waals surface area (Å²) in [5, 5.41) is 0.961. The Morgan fingerprint density at radius 3 is 2.18 bits per heavy atom. The average Bonchev–Trinajstić information content (AvgIpc) is 3.45. The summed E-state index contributed by atoms with van der Waals surface area (Å²) in [4.78, 5) is 22.1. The maximum atomic E-state index is 12.4. The Balaban J connectivity index is 0.00000673. The van der Waals surface area contributed by atoms with Crippen molar-refractivity contribution in [3.63, 3.8) is 0 Å². The fraction of sp³-hybridized carbons (Fsp3) is 0.646. The van der Waals surface area contributed by atoms with Crippen molar-refractivity contribution >= 4 is 17.7 Å². The molecule has 0 aliphatic heterocycles. The minimum absolute atomic E-state index is 0. The van der Waals surface area contributed by atoms with Crippen molar-refractivity contribution in [1.82, 2.24) is 14.5 Å². The Labute approximate surface area is 338 Å². The van der Waals surface area contributed by atoms with Gasteiger partial charge >= 0.3 is 5.97 Å². The molecule has 7 heteroatoms. The van der Waals surface area contributed by atoms with Crippen molar-refractivity contribution in [2.75, 3.05) is 6.61 Å². The van der Waals surface area contributed by atoms with Crippen LogP contribution in [0.25, 0.3) is 5.69 Å². The minimum atomic E-state index is -0.152. The van der Waals surface area contributed by atoms with Gasteiger partial charge in [-0.2, -0.15) is 0 Å². The van der Waals surface area contributed by atoms with E-state index in [1.807, 2.05) is 55.3 Å². The van der Waals surface area contributed by atoms with E-state index in [9.17, 15) is 4.79 Å². The molecule has 0 bridgehead atoms. The zero-order chi connectivity index (χ0) is 39.7. The molecule has 2 aliphatic rings. The van der Waals surface area contributed by atoms with Crippen LogP contribution < -0.4 is 4.74 Å². The van der Waals surface area contributed by atoms with E-state index in [1.54, 1.807) is 0 Å². The van der Waals surface area contributed by atoms with E-state index in [0.717, 1.165) is 69.7 Å². The van der Waals surface area contributed by atoms with Crippen LogP contribution in [-0.2, 0) is 16.1 Å². The molecular formula is C48H71N3O3S. The molecule has 2 aliphatic carbocycles.